The molecule has 0 saturated carbocycles. The first-order chi connectivity index (χ1) is 5.61. The maximum Gasteiger partial charge on any atom is 0.251 e. The number of thioether (sulfide) groups is 1. The summed E-state index contributed by atoms with van der Waals surface area (Å²) in [6, 6.07) is 0. The summed E-state index contributed by atoms with van der Waals surface area (Å²) in [5, 5.41) is 9.56. The molecule has 1 saturated heterocycles. The van der Waals surface area contributed by atoms with E-state index >= 15 is 0 Å². The minimum absolute atomic E-state index is 0.137. The van der Waals surface area contributed by atoms with Gasteiger partial charge in [0.05, 0.1) is 0 Å². The molecule has 1 fully saturated rings. The van der Waals surface area contributed by atoms with Crippen LogP contribution < -0.4 is 0 Å². The molecule has 0 aromatic carbocycles. The van der Waals surface area contributed by atoms with Crippen molar-refractivity contribution in [2.45, 2.75) is 25.2 Å². The highest BCUT2D eigenvalue weighted by Gasteiger charge is 2.23. The van der Waals surface area contributed by atoms with Crippen molar-refractivity contribution in [1.82, 2.24) is 4.90 Å². The Labute approximate surface area is 77.1 Å². The largest absolute Gasteiger partial charge is 0.384 e. The molecule has 3 nitrogen and oxygen atoms in total. The fraction of sp³-hybridized carbons (Fsp3) is 0.875. The third-order valence-corrected chi connectivity index (χ3v) is 3.05. The van der Waals surface area contributed by atoms with Crippen LogP contribution in [0.25, 0.3) is 0 Å². The fourth-order valence-corrected chi connectivity index (χ4v) is 2.30. The molecule has 0 aromatic heterocycles. The van der Waals surface area contributed by atoms with Crippen molar-refractivity contribution < 1.29 is 9.90 Å². The van der Waals surface area contributed by atoms with E-state index in [1.165, 1.54) is 6.92 Å². The van der Waals surface area contributed by atoms with Gasteiger partial charge in [-0.05, 0) is 6.92 Å². The lowest BCUT2D eigenvalue weighted by Gasteiger charge is -2.31. The highest BCUT2D eigenvalue weighted by Crippen LogP contribution is 2.18. The first-order valence-corrected chi connectivity index (χ1v) is 5.24. The first kappa shape index (κ1) is 9.86. The summed E-state index contributed by atoms with van der Waals surface area (Å²) < 4.78 is 0. The van der Waals surface area contributed by atoms with Gasteiger partial charge in [0.25, 0.3) is 5.91 Å². The molecule has 0 aliphatic carbocycles. The van der Waals surface area contributed by atoms with Gasteiger partial charge in [-0.1, -0.05) is 6.92 Å². The van der Waals surface area contributed by atoms with Crippen LogP contribution in [0.5, 0.6) is 0 Å². The zero-order valence-electron chi connectivity index (χ0n) is 7.49. The molecule has 12 heavy (non-hydrogen) atoms. The van der Waals surface area contributed by atoms with E-state index in [0.717, 1.165) is 18.8 Å². The maximum atomic E-state index is 11.3. The van der Waals surface area contributed by atoms with Gasteiger partial charge in [-0.2, -0.15) is 11.8 Å². The normalized spacial score (nSPS) is 26.9. The highest BCUT2D eigenvalue weighted by atomic mass is 32.2. The molecule has 1 N–H and O–H groups in total. The summed E-state index contributed by atoms with van der Waals surface area (Å²) in [6.45, 7) is 5.17. The van der Waals surface area contributed by atoms with Crippen LogP contribution in [-0.2, 0) is 4.79 Å². The number of hydrogen-bond donors (Lipinski definition) is 1. The van der Waals surface area contributed by atoms with Crippen LogP contribution in [0, 0.1) is 0 Å². The Kier molecular flexibility index (Phi) is 3.40. The van der Waals surface area contributed by atoms with E-state index in [0.29, 0.717) is 5.25 Å². The first-order valence-electron chi connectivity index (χ1n) is 4.19. The standard InChI is InChI=1S/C8H15NO2S/c1-6-5-9(3-4-12-6)8(11)7(2)10/h6-7,10H,3-5H2,1-2H3/t6?,7-/m0/s1. The SMILES string of the molecule is CC1CN(C(=O)[C@H](C)O)CCS1. The van der Waals surface area contributed by atoms with Crippen LogP contribution in [0.15, 0.2) is 0 Å². The maximum absolute atomic E-state index is 11.3. The summed E-state index contributed by atoms with van der Waals surface area (Å²) in [6.07, 6.45) is -0.847. The van der Waals surface area contributed by atoms with Crippen molar-refractivity contribution in [2.75, 3.05) is 18.8 Å². The van der Waals surface area contributed by atoms with Crippen molar-refractivity contribution in [3.8, 4) is 0 Å². The summed E-state index contributed by atoms with van der Waals surface area (Å²) in [5.74, 6) is 0.849. The van der Waals surface area contributed by atoms with Gasteiger partial charge in [-0.15, -0.1) is 0 Å². The fourth-order valence-electron chi connectivity index (χ4n) is 1.28. The van der Waals surface area contributed by atoms with E-state index in [9.17, 15) is 4.79 Å². The average molecular weight is 189 g/mol. The molecule has 1 amide bonds. The second kappa shape index (κ2) is 4.14. The van der Waals surface area contributed by atoms with E-state index in [4.69, 9.17) is 5.11 Å². The Morgan fingerprint density at radius 3 is 2.92 bits per heavy atom. The third-order valence-electron chi connectivity index (χ3n) is 1.91. The zero-order valence-corrected chi connectivity index (χ0v) is 8.30. The van der Waals surface area contributed by atoms with E-state index in [-0.39, 0.29) is 5.91 Å². The Hall–Kier alpha value is -0.220. The minimum Gasteiger partial charge on any atom is -0.384 e. The molecular weight excluding hydrogens is 174 g/mol. The zero-order chi connectivity index (χ0) is 9.14. The lowest BCUT2D eigenvalue weighted by molar-refractivity contribution is -0.139. The van der Waals surface area contributed by atoms with Crippen LogP contribution in [0.3, 0.4) is 0 Å². The quantitative estimate of drug-likeness (QED) is 0.646. The van der Waals surface area contributed by atoms with Gasteiger partial charge in [-0.25, -0.2) is 0 Å². The summed E-state index contributed by atoms with van der Waals surface area (Å²) >= 11 is 1.88. The molecule has 1 heterocycles. The van der Waals surface area contributed by atoms with E-state index < -0.39 is 6.10 Å². The van der Waals surface area contributed by atoms with Gasteiger partial charge in [0.2, 0.25) is 0 Å². The summed E-state index contributed by atoms with van der Waals surface area (Å²) in [7, 11) is 0. The molecule has 0 aromatic rings. The molecule has 1 aliphatic heterocycles. The van der Waals surface area contributed by atoms with Gasteiger partial charge in [0.1, 0.15) is 6.10 Å². The van der Waals surface area contributed by atoms with Crippen molar-refractivity contribution in [3.05, 3.63) is 0 Å². The predicted octanol–water partition coefficient (Wildman–Crippen LogP) is 0.331. The van der Waals surface area contributed by atoms with Crippen LogP contribution in [0.1, 0.15) is 13.8 Å². The second-order valence-electron chi connectivity index (χ2n) is 3.14. The Morgan fingerprint density at radius 1 is 1.75 bits per heavy atom. The molecule has 70 valence electrons. The lowest BCUT2D eigenvalue weighted by Crippen LogP contribution is -2.45. The number of aliphatic hydroxyl groups excluding tert-OH is 1. The van der Waals surface area contributed by atoms with Crippen molar-refractivity contribution in [1.29, 1.82) is 0 Å². The number of carbonyl (C=O) groups is 1. The molecule has 1 rings (SSSR count). The molecule has 1 unspecified atom stereocenters. The van der Waals surface area contributed by atoms with Gasteiger partial charge < -0.3 is 10.0 Å². The van der Waals surface area contributed by atoms with Crippen LogP contribution in [0.2, 0.25) is 0 Å². The Balaban J connectivity index is 2.46. The number of aliphatic hydroxyl groups is 1. The summed E-state index contributed by atoms with van der Waals surface area (Å²) in [4.78, 5) is 13.1. The lowest BCUT2D eigenvalue weighted by atomic mass is 10.3. The van der Waals surface area contributed by atoms with Crippen molar-refractivity contribution >= 4 is 17.7 Å². The molecule has 1 aliphatic rings. The predicted molar refractivity (Wildman–Crippen MR) is 50.2 cm³/mol. The third kappa shape index (κ3) is 2.38. The van der Waals surface area contributed by atoms with Gasteiger partial charge >= 0.3 is 0 Å². The number of carbonyl (C=O) groups excluding carboxylic acids is 1. The number of amides is 1. The van der Waals surface area contributed by atoms with Crippen molar-refractivity contribution in [3.63, 3.8) is 0 Å². The van der Waals surface area contributed by atoms with Gasteiger partial charge in [0.15, 0.2) is 0 Å². The molecule has 0 spiro atoms. The number of rotatable bonds is 1. The van der Waals surface area contributed by atoms with E-state index in [2.05, 4.69) is 6.92 Å². The van der Waals surface area contributed by atoms with Gasteiger partial charge in [0, 0.05) is 24.1 Å². The van der Waals surface area contributed by atoms with Crippen LogP contribution >= 0.6 is 11.8 Å². The number of hydrogen-bond acceptors (Lipinski definition) is 3. The average Bonchev–Trinajstić information content (AvgIpc) is 2.03. The smallest absolute Gasteiger partial charge is 0.251 e. The Bertz CT molecular complexity index is 172. The molecule has 0 radical (unpaired) electrons. The topological polar surface area (TPSA) is 40.5 Å². The van der Waals surface area contributed by atoms with Crippen molar-refractivity contribution in [2.24, 2.45) is 0 Å². The monoisotopic (exact) mass is 189 g/mol. The van der Waals surface area contributed by atoms with E-state index in [1.54, 1.807) is 4.90 Å². The molecular formula is C8H15NO2S. The highest BCUT2D eigenvalue weighted by molar-refractivity contribution is 7.99. The van der Waals surface area contributed by atoms with Gasteiger partial charge in [-0.3, -0.25) is 4.79 Å². The molecule has 0 bridgehead atoms. The second-order valence-corrected chi connectivity index (χ2v) is 4.69. The minimum atomic E-state index is -0.847. The molecule has 2 atom stereocenters. The number of nitrogens with zero attached hydrogens (tertiary/aromatic N) is 1. The van der Waals surface area contributed by atoms with E-state index in [1.807, 2.05) is 11.8 Å². The molecule has 4 heteroatoms. The summed E-state index contributed by atoms with van der Waals surface area (Å²) in [5.41, 5.74) is 0. The van der Waals surface area contributed by atoms with Crippen LogP contribution in [-0.4, -0.2) is 46.1 Å². The van der Waals surface area contributed by atoms with Crippen LogP contribution in [0.4, 0.5) is 0 Å². The Morgan fingerprint density at radius 2 is 2.42 bits per heavy atom.